The van der Waals surface area contributed by atoms with E-state index in [0.29, 0.717) is 31.2 Å². The Balaban J connectivity index is 1.50. The predicted octanol–water partition coefficient (Wildman–Crippen LogP) is 2.30. The summed E-state index contributed by atoms with van der Waals surface area (Å²) in [5.74, 6) is 1.56. The lowest BCUT2D eigenvalue weighted by molar-refractivity contribution is 0.0716. The highest BCUT2D eigenvalue weighted by Gasteiger charge is 2.29. The van der Waals surface area contributed by atoms with E-state index in [0.717, 1.165) is 22.6 Å². The molecular weight excluding hydrogens is 334 g/mol. The molecule has 1 aliphatic heterocycles. The molecular formula is C19H19N3O4. The van der Waals surface area contributed by atoms with Crippen LogP contribution in [0, 0.1) is 0 Å². The average Bonchev–Trinajstić information content (AvgIpc) is 3.38. The molecule has 1 aromatic carbocycles. The van der Waals surface area contributed by atoms with Crippen molar-refractivity contribution in [2.45, 2.75) is 19.6 Å². The first-order valence-electron chi connectivity index (χ1n) is 8.37. The maximum atomic E-state index is 12.8. The van der Waals surface area contributed by atoms with Gasteiger partial charge in [0.2, 0.25) is 0 Å². The van der Waals surface area contributed by atoms with Crippen LogP contribution in [0.3, 0.4) is 0 Å². The largest absolute Gasteiger partial charge is 0.497 e. The van der Waals surface area contributed by atoms with Crippen LogP contribution in [-0.2, 0) is 19.6 Å². The molecule has 1 N–H and O–H groups in total. The van der Waals surface area contributed by atoms with E-state index in [1.165, 1.54) is 0 Å². The van der Waals surface area contributed by atoms with Crippen LogP contribution in [0.4, 0.5) is 0 Å². The minimum atomic E-state index is -0.156. The number of carbonyl (C=O) groups is 1. The summed E-state index contributed by atoms with van der Waals surface area (Å²) in [5, 5.41) is 13.3. The minimum absolute atomic E-state index is 0.0193. The molecule has 2 aromatic heterocycles. The summed E-state index contributed by atoms with van der Waals surface area (Å²) in [5.41, 5.74) is 2.86. The van der Waals surface area contributed by atoms with Crippen molar-refractivity contribution in [3.63, 3.8) is 0 Å². The van der Waals surface area contributed by atoms with Gasteiger partial charge in [-0.25, -0.2) is 0 Å². The summed E-state index contributed by atoms with van der Waals surface area (Å²) in [7, 11) is 1.62. The summed E-state index contributed by atoms with van der Waals surface area (Å²) in [6.07, 6.45) is 1.75. The molecule has 0 atom stereocenters. The smallest absolute Gasteiger partial charge is 0.290 e. The number of ether oxygens (including phenoxy) is 1. The number of carbonyl (C=O) groups excluding carboxylic acids is 1. The van der Waals surface area contributed by atoms with Crippen LogP contribution in [0.5, 0.6) is 5.75 Å². The predicted molar refractivity (Wildman–Crippen MR) is 93.6 cm³/mol. The van der Waals surface area contributed by atoms with Crippen molar-refractivity contribution in [2.75, 3.05) is 13.7 Å². The number of aliphatic hydroxyl groups is 1. The van der Waals surface area contributed by atoms with Gasteiger partial charge < -0.3 is 19.2 Å². The number of aliphatic hydroxyl groups excluding tert-OH is 1. The molecule has 4 rings (SSSR count). The van der Waals surface area contributed by atoms with Gasteiger partial charge in [-0.2, -0.15) is 5.10 Å². The molecule has 1 aliphatic rings. The number of hydrogen-bond donors (Lipinski definition) is 1. The lowest BCUT2D eigenvalue weighted by atomic mass is 10.2. The third-order valence-electron chi connectivity index (χ3n) is 4.53. The average molecular weight is 353 g/mol. The van der Waals surface area contributed by atoms with Gasteiger partial charge in [0, 0.05) is 17.7 Å². The summed E-state index contributed by atoms with van der Waals surface area (Å²) in [6.45, 7) is 1.41. The maximum Gasteiger partial charge on any atom is 0.290 e. The first kappa shape index (κ1) is 16.4. The molecule has 0 aliphatic carbocycles. The van der Waals surface area contributed by atoms with Crippen molar-refractivity contribution >= 4 is 5.91 Å². The van der Waals surface area contributed by atoms with Crippen molar-refractivity contribution in [3.05, 3.63) is 59.6 Å². The monoisotopic (exact) mass is 353 g/mol. The Hall–Kier alpha value is -3.06. The summed E-state index contributed by atoms with van der Waals surface area (Å²) in [6, 6.07) is 11.0. The second-order valence-electron chi connectivity index (χ2n) is 6.12. The SMILES string of the molecule is COc1ccc(-c2ccc(C(=O)N3Cc4cnn(CCO)c4C3)o2)cc1. The van der Waals surface area contributed by atoms with Gasteiger partial charge in [-0.3, -0.25) is 9.48 Å². The molecule has 0 fully saturated rings. The molecule has 0 saturated carbocycles. The zero-order chi connectivity index (χ0) is 18.1. The van der Waals surface area contributed by atoms with Crippen molar-refractivity contribution < 1.29 is 19.1 Å². The maximum absolute atomic E-state index is 12.8. The number of rotatable bonds is 5. The van der Waals surface area contributed by atoms with Crippen molar-refractivity contribution in [3.8, 4) is 17.1 Å². The first-order valence-corrected chi connectivity index (χ1v) is 8.37. The van der Waals surface area contributed by atoms with Crippen LogP contribution < -0.4 is 4.74 Å². The standard InChI is InChI=1S/C19H19N3O4/c1-25-15-4-2-13(3-5-15)17-6-7-18(26-17)19(24)21-11-14-10-20-22(8-9-23)16(14)12-21/h2-7,10,23H,8-9,11-12H2,1H3. The van der Waals surface area contributed by atoms with Crippen molar-refractivity contribution in [1.82, 2.24) is 14.7 Å². The Kier molecular flexibility index (Phi) is 4.22. The second kappa shape index (κ2) is 6.68. The van der Waals surface area contributed by atoms with Gasteiger partial charge in [-0.05, 0) is 36.4 Å². The molecule has 0 saturated heterocycles. The minimum Gasteiger partial charge on any atom is -0.497 e. The number of aromatic nitrogens is 2. The number of benzene rings is 1. The first-order chi connectivity index (χ1) is 12.7. The van der Waals surface area contributed by atoms with Gasteiger partial charge in [-0.15, -0.1) is 0 Å². The zero-order valence-electron chi connectivity index (χ0n) is 14.4. The number of hydrogen-bond acceptors (Lipinski definition) is 5. The van der Waals surface area contributed by atoms with E-state index >= 15 is 0 Å². The molecule has 0 bridgehead atoms. The van der Waals surface area contributed by atoms with Gasteiger partial charge in [0.25, 0.3) is 5.91 Å². The molecule has 1 amide bonds. The summed E-state index contributed by atoms with van der Waals surface area (Å²) < 4.78 is 12.7. The Morgan fingerprint density at radius 3 is 2.77 bits per heavy atom. The molecule has 7 nitrogen and oxygen atoms in total. The van der Waals surface area contributed by atoms with Crippen LogP contribution in [0.2, 0.25) is 0 Å². The quantitative estimate of drug-likeness (QED) is 0.761. The van der Waals surface area contributed by atoms with Gasteiger partial charge in [0.15, 0.2) is 5.76 Å². The highest BCUT2D eigenvalue weighted by atomic mass is 16.5. The highest BCUT2D eigenvalue weighted by Crippen LogP contribution is 2.28. The van der Waals surface area contributed by atoms with Crippen molar-refractivity contribution in [2.24, 2.45) is 0 Å². The molecule has 0 radical (unpaired) electrons. The number of methoxy groups -OCH3 is 1. The van der Waals surface area contributed by atoms with Crippen molar-refractivity contribution in [1.29, 1.82) is 0 Å². The number of furan rings is 1. The Labute approximate surface area is 150 Å². The fourth-order valence-corrected chi connectivity index (χ4v) is 3.16. The third kappa shape index (κ3) is 2.86. The van der Waals surface area contributed by atoms with Crippen LogP contribution in [-0.4, -0.2) is 39.4 Å². The van der Waals surface area contributed by atoms with Crippen LogP contribution in [0.1, 0.15) is 21.8 Å². The molecule has 3 heterocycles. The van der Waals surface area contributed by atoms with E-state index in [-0.39, 0.29) is 12.5 Å². The van der Waals surface area contributed by atoms with Crippen LogP contribution >= 0.6 is 0 Å². The number of fused-ring (bicyclic) bond motifs is 1. The van der Waals surface area contributed by atoms with Crippen LogP contribution in [0.15, 0.2) is 47.0 Å². The van der Waals surface area contributed by atoms with E-state index in [1.54, 1.807) is 35.0 Å². The Morgan fingerprint density at radius 2 is 2.04 bits per heavy atom. The third-order valence-corrected chi connectivity index (χ3v) is 4.53. The summed E-state index contributed by atoms with van der Waals surface area (Å²) in [4.78, 5) is 14.5. The fourth-order valence-electron chi connectivity index (χ4n) is 3.16. The molecule has 0 spiro atoms. The fraction of sp³-hybridized carbons (Fsp3) is 0.263. The number of amides is 1. The molecule has 3 aromatic rings. The topological polar surface area (TPSA) is 80.7 Å². The lowest BCUT2D eigenvalue weighted by Crippen LogP contribution is -2.26. The molecule has 0 unspecified atom stereocenters. The normalized spacial score (nSPS) is 13.1. The van der Waals surface area contributed by atoms with E-state index in [4.69, 9.17) is 14.3 Å². The molecule has 134 valence electrons. The number of nitrogens with zero attached hydrogens (tertiary/aromatic N) is 3. The second-order valence-corrected chi connectivity index (χ2v) is 6.12. The highest BCUT2D eigenvalue weighted by molar-refractivity contribution is 5.92. The molecule has 7 heteroatoms. The van der Waals surface area contributed by atoms with Gasteiger partial charge in [0.05, 0.1) is 38.7 Å². The molecule has 26 heavy (non-hydrogen) atoms. The Morgan fingerprint density at radius 1 is 1.23 bits per heavy atom. The van der Waals surface area contributed by atoms with Gasteiger partial charge in [-0.1, -0.05) is 0 Å². The van der Waals surface area contributed by atoms with E-state index in [2.05, 4.69) is 5.10 Å². The zero-order valence-corrected chi connectivity index (χ0v) is 14.4. The van der Waals surface area contributed by atoms with Gasteiger partial charge >= 0.3 is 0 Å². The van der Waals surface area contributed by atoms with E-state index in [1.807, 2.05) is 24.3 Å². The van der Waals surface area contributed by atoms with Gasteiger partial charge in [0.1, 0.15) is 11.5 Å². The Bertz CT molecular complexity index is 927. The van der Waals surface area contributed by atoms with E-state index in [9.17, 15) is 4.79 Å². The van der Waals surface area contributed by atoms with Crippen LogP contribution in [0.25, 0.3) is 11.3 Å². The summed E-state index contributed by atoms with van der Waals surface area (Å²) >= 11 is 0. The lowest BCUT2D eigenvalue weighted by Gasteiger charge is -2.14. The van der Waals surface area contributed by atoms with E-state index < -0.39 is 0 Å².